The fourth-order valence-electron chi connectivity index (χ4n) is 2.52. The first-order chi connectivity index (χ1) is 12.2. The Morgan fingerprint density at radius 3 is 2.32 bits per heavy atom. The minimum Gasteiger partial charge on any atom is -0.497 e. The minimum absolute atomic E-state index is 0.142. The normalized spacial score (nSPS) is 10.3. The molecule has 0 aliphatic rings. The molecule has 1 aromatic heterocycles. The third kappa shape index (κ3) is 3.40. The number of rotatable bonds is 5. The standard InChI is InChI=1S/C20H16BrNO3/c1-4-11-25-20-17-12-15(24-3)9-10-16(17)18(21)19(22-20)13-5-7-14(23-2)8-6-13/h1,5-10,12H,11H2,2-3H3. The lowest BCUT2D eigenvalue weighted by atomic mass is 10.1. The molecule has 3 aromatic rings. The molecular weight excluding hydrogens is 382 g/mol. The average Bonchev–Trinajstić information content (AvgIpc) is 2.67. The third-order valence-electron chi connectivity index (χ3n) is 3.77. The average molecular weight is 398 g/mol. The topological polar surface area (TPSA) is 40.6 Å². The monoisotopic (exact) mass is 397 g/mol. The van der Waals surface area contributed by atoms with Gasteiger partial charge in [-0.15, -0.1) is 6.42 Å². The third-order valence-corrected chi connectivity index (χ3v) is 4.57. The molecule has 0 saturated heterocycles. The van der Waals surface area contributed by atoms with Gasteiger partial charge in [-0.2, -0.15) is 0 Å². The Morgan fingerprint density at radius 2 is 1.68 bits per heavy atom. The van der Waals surface area contributed by atoms with E-state index >= 15 is 0 Å². The van der Waals surface area contributed by atoms with Gasteiger partial charge in [-0.05, 0) is 58.4 Å². The van der Waals surface area contributed by atoms with Gasteiger partial charge in [-0.1, -0.05) is 5.92 Å². The van der Waals surface area contributed by atoms with E-state index in [1.165, 1.54) is 0 Å². The molecule has 0 aliphatic carbocycles. The van der Waals surface area contributed by atoms with Crippen molar-refractivity contribution in [3.8, 4) is 41.0 Å². The Balaban J connectivity index is 2.21. The second-order valence-corrected chi connectivity index (χ2v) is 6.01. The summed E-state index contributed by atoms with van der Waals surface area (Å²) in [7, 11) is 3.26. The predicted octanol–water partition coefficient (Wildman–Crippen LogP) is 4.69. The zero-order valence-corrected chi connectivity index (χ0v) is 15.5. The predicted molar refractivity (Wildman–Crippen MR) is 102 cm³/mol. The fraction of sp³-hybridized carbons (Fsp3) is 0.150. The summed E-state index contributed by atoms with van der Waals surface area (Å²) in [6.07, 6.45) is 5.34. The number of aromatic nitrogens is 1. The van der Waals surface area contributed by atoms with Crippen LogP contribution in [0.15, 0.2) is 46.9 Å². The maximum Gasteiger partial charge on any atom is 0.223 e. The zero-order chi connectivity index (χ0) is 17.8. The molecule has 0 N–H and O–H groups in total. The lowest BCUT2D eigenvalue weighted by Gasteiger charge is -2.13. The lowest BCUT2D eigenvalue weighted by molar-refractivity contribution is 0.360. The fourth-order valence-corrected chi connectivity index (χ4v) is 3.18. The van der Waals surface area contributed by atoms with Gasteiger partial charge < -0.3 is 14.2 Å². The number of fused-ring (bicyclic) bond motifs is 1. The SMILES string of the molecule is C#CCOc1nc(-c2ccc(OC)cc2)c(Br)c2ccc(OC)cc12. The maximum atomic E-state index is 5.68. The van der Waals surface area contributed by atoms with Crippen LogP contribution in [0.5, 0.6) is 17.4 Å². The summed E-state index contributed by atoms with van der Waals surface area (Å²) < 4.78 is 17.1. The molecule has 25 heavy (non-hydrogen) atoms. The largest absolute Gasteiger partial charge is 0.497 e. The summed E-state index contributed by atoms with van der Waals surface area (Å²) in [6.45, 7) is 0.142. The molecule has 0 atom stereocenters. The number of hydrogen-bond acceptors (Lipinski definition) is 4. The van der Waals surface area contributed by atoms with Crippen LogP contribution in [-0.4, -0.2) is 25.8 Å². The highest BCUT2D eigenvalue weighted by molar-refractivity contribution is 9.10. The van der Waals surface area contributed by atoms with Crippen LogP contribution in [0.3, 0.4) is 0 Å². The molecular formula is C20H16BrNO3. The summed E-state index contributed by atoms with van der Waals surface area (Å²) in [4.78, 5) is 4.68. The first-order valence-electron chi connectivity index (χ1n) is 7.56. The van der Waals surface area contributed by atoms with Gasteiger partial charge in [0.05, 0.1) is 24.4 Å². The van der Waals surface area contributed by atoms with E-state index in [1.807, 2.05) is 42.5 Å². The smallest absolute Gasteiger partial charge is 0.223 e. The van der Waals surface area contributed by atoms with E-state index in [4.69, 9.17) is 20.6 Å². The van der Waals surface area contributed by atoms with Crippen LogP contribution in [-0.2, 0) is 0 Å². The maximum absolute atomic E-state index is 5.68. The highest BCUT2D eigenvalue weighted by Crippen LogP contribution is 2.39. The van der Waals surface area contributed by atoms with Crippen LogP contribution in [0.1, 0.15) is 0 Å². The Bertz CT molecular complexity index is 946. The number of nitrogens with zero attached hydrogens (tertiary/aromatic N) is 1. The lowest BCUT2D eigenvalue weighted by Crippen LogP contribution is -2.00. The minimum atomic E-state index is 0.142. The molecule has 0 radical (unpaired) electrons. The highest BCUT2D eigenvalue weighted by Gasteiger charge is 2.15. The number of pyridine rings is 1. The molecule has 0 spiro atoms. The van der Waals surface area contributed by atoms with E-state index in [2.05, 4.69) is 26.8 Å². The molecule has 3 rings (SSSR count). The van der Waals surface area contributed by atoms with Crippen molar-refractivity contribution in [1.82, 2.24) is 4.98 Å². The van der Waals surface area contributed by atoms with E-state index in [1.54, 1.807) is 14.2 Å². The van der Waals surface area contributed by atoms with Crippen LogP contribution >= 0.6 is 15.9 Å². The number of hydrogen-bond donors (Lipinski definition) is 0. The van der Waals surface area contributed by atoms with Gasteiger partial charge in [-0.25, -0.2) is 4.98 Å². The van der Waals surface area contributed by atoms with E-state index in [-0.39, 0.29) is 6.61 Å². The molecule has 0 saturated carbocycles. The number of halogens is 1. The number of terminal acetylenes is 1. The van der Waals surface area contributed by atoms with Crippen LogP contribution in [0.2, 0.25) is 0 Å². The van der Waals surface area contributed by atoms with Gasteiger partial charge in [-0.3, -0.25) is 0 Å². The first kappa shape index (κ1) is 17.1. The Morgan fingerprint density at radius 1 is 1.00 bits per heavy atom. The van der Waals surface area contributed by atoms with Gasteiger partial charge >= 0.3 is 0 Å². The Hall–Kier alpha value is -2.71. The van der Waals surface area contributed by atoms with Crippen molar-refractivity contribution in [2.45, 2.75) is 0 Å². The molecule has 2 aromatic carbocycles. The van der Waals surface area contributed by atoms with Crippen molar-refractivity contribution in [1.29, 1.82) is 0 Å². The van der Waals surface area contributed by atoms with E-state index in [0.29, 0.717) is 5.88 Å². The van der Waals surface area contributed by atoms with E-state index in [0.717, 1.165) is 38.0 Å². The van der Waals surface area contributed by atoms with Gasteiger partial charge in [0, 0.05) is 16.3 Å². The van der Waals surface area contributed by atoms with Gasteiger partial charge in [0.15, 0.2) is 6.61 Å². The van der Waals surface area contributed by atoms with Crippen molar-refractivity contribution in [2.75, 3.05) is 20.8 Å². The molecule has 0 bridgehead atoms. The zero-order valence-electron chi connectivity index (χ0n) is 13.9. The van der Waals surface area contributed by atoms with Crippen molar-refractivity contribution >= 4 is 26.7 Å². The van der Waals surface area contributed by atoms with Crippen LogP contribution in [0, 0.1) is 12.3 Å². The summed E-state index contributed by atoms with van der Waals surface area (Å²) in [5.41, 5.74) is 1.71. The quantitative estimate of drug-likeness (QED) is 0.585. The highest BCUT2D eigenvalue weighted by atomic mass is 79.9. The van der Waals surface area contributed by atoms with Gasteiger partial charge in [0.1, 0.15) is 11.5 Å². The number of ether oxygens (including phenoxy) is 3. The second-order valence-electron chi connectivity index (χ2n) is 5.21. The molecule has 4 nitrogen and oxygen atoms in total. The van der Waals surface area contributed by atoms with Gasteiger partial charge in [0.2, 0.25) is 5.88 Å². The molecule has 5 heteroatoms. The number of benzene rings is 2. The summed E-state index contributed by atoms with van der Waals surface area (Å²) in [6, 6.07) is 13.4. The summed E-state index contributed by atoms with van der Waals surface area (Å²) >= 11 is 3.67. The number of methoxy groups -OCH3 is 2. The van der Waals surface area contributed by atoms with Crippen molar-refractivity contribution in [3.05, 3.63) is 46.9 Å². The molecule has 0 fully saturated rings. The van der Waals surface area contributed by atoms with Crippen LogP contribution in [0.4, 0.5) is 0 Å². The van der Waals surface area contributed by atoms with Crippen LogP contribution < -0.4 is 14.2 Å². The molecule has 126 valence electrons. The second kappa shape index (κ2) is 7.45. The van der Waals surface area contributed by atoms with Crippen molar-refractivity contribution < 1.29 is 14.2 Å². The van der Waals surface area contributed by atoms with Crippen molar-refractivity contribution in [3.63, 3.8) is 0 Å². The Labute approximate surface area is 154 Å². The van der Waals surface area contributed by atoms with Gasteiger partial charge in [0.25, 0.3) is 0 Å². The molecule has 0 unspecified atom stereocenters. The van der Waals surface area contributed by atoms with E-state index in [9.17, 15) is 0 Å². The molecule has 0 amide bonds. The molecule has 1 heterocycles. The first-order valence-corrected chi connectivity index (χ1v) is 8.35. The van der Waals surface area contributed by atoms with Crippen molar-refractivity contribution in [2.24, 2.45) is 0 Å². The van der Waals surface area contributed by atoms with E-state index < -0.39 is 0 Å². The summed E-state index contributed by atoms with van der Waals surface area (Å²) in [5.74, 6) is 4.46. The van der Waals surface area contributed by atoms with Crippen LogP contribution in [0.25, 0.3) is 22.0 Å². The Kier molecular flexibility index (Phi) is 5.11. The molecule has 0 aliphatic heterocycles. The summed E-state index contributed by atoms with van der Waals surface area (Å²) in [5, 5.41) is 1.80.